The Morgan fingerprint density at radius 2 is 1.36 bits per heavy atom. The molecule has 0 aromatic rings. The van der Waals surface area contributed by atoms with E-state index in [0.717, 1.165) is 12.8 Å². The molecular formula is C18H32O4. The van der Waals surface area contributed by atoms with Crippen LogP contribution in [-0.2, 0) is 19.1 Å². The molecule has 0 aromatic carbocycles. The van der Waals surface area contributed by atoms with Crippen molar-refractivity contribution in [1.29, 1.82) is 0 Å². The van der Waals surface area contributed by atoms with E-state index in [4.69, 9.17) is 4.74 Å². The molecule has 4 heteroatoms. The molecule has 4 nitrogen and oxygen atoms in total. The summed E-state index contributed by atoms with van der Waals surface area (Å²) >= 11 is 0. The summed E-state index contributed by atoms with van der Waals surface area (Å²) in [7, 11) is 1.28. The smallest absolute Gasteiger partial charge is 0.333 e. The van der Waals surface area contributed by atoms with Gasteiger partial charge in [-0.3, -0.25) is 4.79 Å². The Bertz CT molecular complexity index is 323. The maximum Gasteiger partial charge on any atom is 0.333 e. The third-order valence-corrected chi connectivity index (χ3v) is 3.61. The van der Waals surface area contributed by atoms with Crippen LogP contribution < -0.4 is 0 Å². The lowest BCUT2D eigenvalue weighted by molar-refractivity contribution is -0.144. The Kier molecular flexibility index (Phi) is 13.7. The maximum atomic E-state index is 11.5. The lowest BCUT2D eigenvalue weighted by Crippen LogP contribution is -2.12. The van der Waals surface area contributed by atoms with Crippen LogP contribution in [0.5, 0.6) is 0 Å². The summed E-state index contributed by atoms with van der Waals surface area (Å²) in [6.07, 6.45) is 12.3. The highest BCUT2D eigenvalue weighted by Gasteiger charge is 2.12. The quantitative estimate of drug-likeness (QED) is 0.268. The molecule has 0 aliphatic rings. The van der Waals surface area contributed by atoms with Gasteiger partial charge in [-0.2, -0.15) is 0 Å². The van der Waals surface area contributed by atoms with Crippen LogP contribution in [0.2, 0.25) is 0 Å². The molecule has 0 bridgehead atoms. The maximum absolute atomic E-state index is 11.5. The first-order chi connectivity index (χ1) is 10.6. The predicted molar refractivity (Wildman–Crippen MR) is 88.6 cm³/mol. The van der Waals surface area contributed by atoms with Crippen LogP contribution in [0, 0.1) is 0 Å². The fourth-order valence-corrected chi connectivity index (χ4v) is 2.17. The van der Waals surface area contributed by atoms with E-state index in [0.29, 0.717) is 6.61 Å². The van der Waals surface area contributed by atoms with Crippen LogP contribution >= 0.6 is 0 Å². The third kappa shape index (κ3) is 12.4. The van der Waals surface area contributed by atoms with Crippen LogP contribution in [0.1, 0.15) is 77.6 Å². The largest absolute Gasteiger partial charge is 0.469 e. The molecule has 0 aliphatic carbocycles. The predicted octanol–water partition coefficient (Wildman–Crippen LogP) is 4.57. The van der Waals surface area contributed by atoms with E-state index in [1.807, 2.05) is 0 Å². The molecule has 0 unspecified atom stereocenters. The average Bonchev–Trinajstić information content (AvgIpc) is 2.52. The number of hydrogen-bond acceptors (Lipinski definition) is 4. The van der Waals surface area contributed by atoms with E-state index in [-0.39, 0.29) is 12.0 Å². The van der Waals surface area contributed by atoms with Gasteiger partial charge in [0.15, 0.2) is 0 Å². The van der Waals surface area contributed by atoms with Gasteiger partial charge in [0.05, 0.1) is 20.1 Å². The Morgan fingerprint density at radius 1 is 0.864 bits per heavy atom. The molecule has 0 amide bonds. The number of carbonyl (C=O) groups excluding carboxylic acids is 2. The number of unbranched alkanes of at least 4 members (excludes halogenated alkanes) is 9. The van der Waals surface area contributed by atoms with Gasteiger partial charge in [-0.1, -0.05) is 71.3 Å². The molecule has 0 saturated carbocycles. The van der Waals surface area contributed by atoms with Crippen molar-refractivity contribution < 1.29 is 19.1 Å². The molecule has 0 atom stereocenters. The monoisotopic (exact) mass is 312 g/mol. The normalized spacial score (nSPS) is 10.3. The Balaban J connectivity index is 3.37. The molecule has 0 saturated heterocycles. The first kappa shape index (κ1) is 20.7. The molecule has 0 aliphatic heterocycles. The fourth-order valence-electron chi connectivity index (χ4n) is 2.17. The highest BCUT2D eigenvalue weighted by Crippen LogP contribution is 2.11. The number of methoxy groups -OCH3 is 1. The molecule has 22 heavy (non-hydrogen) atoms. The van der Waals surface area contributed by atoms with Crippen molar-refractivity contribution in [2.24, 2.45) is 0 Å². The van der Waals surface area contributed by atoms with E-state index in [2.05, 4.69) is 18.2 Å². The lowest BCUT2D eigenvalue weighted by Gasteiger charge is -2.06. The molecule has 0 aromatic heterocycles. The number of hydrogen-bond donors (Lipinski definition) is 0. The highest BCUT2D eigenvalue weighted by molar-refractivity contribution is 5.93. The minimum absolute atomic E-state index is 0.104. The van der Waals surface area contributed by atoms with E-state index in [1.165, 1.54) is 58.5 Å². The van der Waals surface area contributed by atoms with Crippen molar-refractivity contribution in [2.45, 2.75) is 77.6 Å². The second kappa shape index (κ2) is 14.6. The summed E-state index contributed by atoms with van der Waals surface area (Å²) in [6, 6.07) is 0. The van der Waals surface area contributed by atoms with Crippen molar-refractivity contribution in [3.63, 3.8) is 0 Å². The summed E-state index contributed by atoms with van der Waals surface area (Å²) in [4.78, 5) is 22.5. The van der Waals surface area contributed by atoms with Gasteiger partial charge < -0.3 is 9.47 Å². The standard InChI is InChI=1S/C18H32O4/c1-4-5-6-7-8-9-10-11-12-13-14-22-18(20)16(2)15-17(19)21-3/h2,4-15H2,1,3H3. The summed E-state index contributed by atoms with van der Waals surface area (Å²) in [6.45, 7) is 6.17. The molecule has 0 N–H and O–H groups in total. The minimum Gasteiger partial charge on any atom is -0.469 e. The SMILES string of the molecule is C=C(CC(=O)OC)C(=O)OCCCCCCCCCCCC. The Morgan fingerprint density at radius 3 is 1.86 bits per heavy atom. The lowest BCUT2D eigenvalue weighted by atomic mass is 10.1. The summed E-state index contributed by atoms with van der Waals surface area (Å²) in [5.74, 6) is -0.970. The van der Waals surface area contributed by atoms with E-state index in [1.54, 1.807) is 0 Å². The number of rotatable bonds is 14. The minimum atomic E-state index is -0.499. The zero-order chi connectivity index (χ0) is 16.6. The first-order valence-corrected chi connectivity index (χ1v) is 8.53. The van der Waals surface area contributed by atoms with Crippen LogP contribution in [-0.4, -0.2) is 25.7 Å². The van der Waals surface area contributed by atoms with Crippen LogP contribution in [0.15, 0.2) is 12.2 Å². The van der Waals surface area contributed by atoms with Gasteiger partial charge in [-0.25, -0.2) is 4.79 Å². The molecular weight excluding hydrogens is 280 g/mol. The van der Waals surface area contributed by atoms with Crippen LogP contribution in [0.3, 0.4) is 0 Å². The van der Waals surface area contributed by atoms with Gasteiger partial charge in [-0.05, 0) is 6.42 Å². The fraction of sp³-hybridized carbons (Fsp3) is 0.778. The summed E-state index contributed by atoms with van der Waals surface area (Å²) in [5.41, 5.74) is 0.152. The van der Waals surface area contributed by atoms with Gasteiger partial charge in [0.1, 0.15) is 0 Å². The zero-order valence-corrected chi connectivity index (χ0v) is 14.3. The molecule has 0 fully saturated rings. The highest BCUT2D eigenvalue weighted by atomic mass is 16.5. The number of esters is 2. The van der Waals surface area contributed by atoms with E-state index >= 15 is 0 Å². The number of ether oxygens (including phenoxy) is 2. The van der Waals surface area contributed by atoms with Crippen LogP contribution in [0.25, 0.3) is 0 Å². The third-order valence-electron chi connectivity index (χ3n) is 3.61. The van der Waals surface area contributed by atoms with Gasteiger partial charge in [0, 0.05) is 5.57 Å². The first-order valence-electron chi connectivity index (χ1n) is 8.53. The van der Waals surface area contributed by atoms with Crippen LogP contribution in [0.4, 0.5) is 0 Å². The van der Waals surface area contributed by atoms with E-state index in [9.17, 15) is 9.59 Å². The summed E-state index contributed by atoms with van der Waals surface area (Å²) in [5, 5.41) is 0. The van der Waals surface area contributed by atoms with Crippen molar-refractivity contribution in [1.82, 2.24) is 0 Å². The molecule has 128 valence electrons. The Labute approximate surface area is 135 Å². The van der Waals surface area contributed by atoms with Gasteiger partial charge in [0.2, 0.25) is 0 Å². The van der Waals surface area contributed by atoms with Crippen molar-refractivity contribution >= 4 is 11.9 Å². The van der Waals surface area contributed by atoms with Gasteiger partial charge >= 0.3 is 11.9 Å². The van der Waals surface area contributed by atoms with Crippen molar-refractivity contribution in [2.75, 3.05) is 13.7 Å². The average molecular weight is 312 g/mol. The second-order valence-corrected chi connectivity index (χ2v) is 5.67. The second-order valence-electron chi connectivity index (χ2n) is 5.67. The van der Waals surface area contributed by atoms with Crippen molar-refractivity contribution in [3.8, 4) is 0 Å². The van der Waals surface area contributed by atoms with E-state index < -0.39 is 11.9 Å². The topological polar surface area (TPSA) is 52.6 Å². The molecule has 0 heterocycles. The van der Waals surface area contributed by atoms with Crippen molar-refractivity contribution in [3.05, 3.63) is 12.2 Å². The number of carbonyl (C=O) groups is 2. The van der Waals surface area contributed by atoms with Gasteiger partial charge in [-0.15, -0.1) is 0 Å². The zero-order valence-electron chi connectivity index (χ0n) is 14.3. The molecule has 0 radical (unpaired) electrons. The van der Waals surface area contributed by atoms with Gasteiger partial charge in [0.25, 0.3) is 0 Å². The molecule has 0 spiro atoms. The Hall–Kier alpha value is -1.32. The summed E-state index contributed by atoms with van der Waals surface area (Å²) < 4.78 is 9.55. The molecule has 0 rings (SSSR count).